The summed E-state index contributed by atoms with van der Waals surface area (Å²) in [5.74, 6) is -4.26. The van der Waals surface area contributed by atoms with Crippen molar-refractivity contribution in [1.82, 2.24) is 31.1 Å². The average molecular weight is 940 g/mol. The van der Waals surface area contributed by atoms with Crippen molar-refractivity contribution in [2.75, 3.05) is 33.4 Å². The summed E-state index contributed by atoms with van der Waals surface area (Å²) in [6.07, 6.45) is 6.13. The zero-order valence-corrected chi connectivity index (χ0v) is 40.6. The maximum Gasteiger partial charge on any atom is 0.407 e. The fraction of sp³-hybridized carbons (Fsp3) is 0.640. The van der Waals surface area contributed by atoms with Crippen molar-refractivity contribution < 1.29 is 47.7 Å². The molecule has 1 aliphatic rings. The molecule has 0 radical (unpaired) electrons. The number of likely N-dealkylation sites (N-methyl/N-ethyl adjacent to an activating group) is 1. The summed E-state index contributed by atoms with van der Waals surface area (Å²) in [6, 6.07) is 11.7. The summed E-state index contributed by atoms with van der Waals surface area (Å²) < 4.78 is 24.5. The van der Waals surface area contributed by atoms with Gasteiger partial charge in [0, 0.05) is 19.6 Å². The van der Waals surface area contributed by atoms with Crippen molar-refractivity contribution >= 4 is 35.7 Å². The Morgan fingerprint density at radius 1 is 0.821 bits per heavy atom. The lowest BCUT2D eigenvalue weighted by atomic mass is 9.83. The average Bonchev–Trinajstić information content (AvgIpc) is 3.32. The molecule has 5 amide bonds. The molecule has 0 aromatic heterocycles. The lowest BCUT2D eigenvalue weighted by molar-refractivity contribution is -0.147. The van der Waals surface area contributed by atoms with Gasteiger partial charge in [0.25, 0.3) is 0 Å². The van der Waals surface area contributed by atoms with E-state index in [0.717, 1.165) is 56.1 Å². The van der Waals surface area contributed by atoms with E-state index in [9.17, 15) is 38.3 Å². The van der Waals surface area contributed by atoms with E-state index in [-0.39, 0.29) is 43.8 Å². The van der Waals surface area contributed by atoms with Crippen molar-refractivity contribution in [2.24, 2.45) is 17.6 Å². The lowest BCUT2D eigenvalue weighted by Crippen LogP contribution is -2.62. The minimum Gasteiger partial charge on any atom is -0.480 e. The van der Waals surface area contributed by atoms with Crippen molar-refractivity contribution in [3.8, 4) is 0 Å². The van der Waals surface area contributed by atoms with E-state index in [1.165, 1.54) is 11.8 Å². The van der Waals surface area contributed by atoms with Crippen LogP contribution in [0.3, 0.4) is 0 Å². The van der Waals surface area contributed by atoms with Gasteiger partial charge in [0.15, 0.2) is 6.04 Å². The number of hydrogen-bond acceptors (Lipinski definition) is 10. The van der Waals surface area contributed by atoms with Crippen LogP contribution in [-0.2, 0) is 46.7 Å². The van der Waals surface area contributed by atoms with Gasteiger partial charge in [-0.2, -0.15) is 0 Å². The maximum absolute atomic E-state index is 14.6. The van der Waals surface area contributed by atoms with Gasteiger partial charge in [-0.1, -0.05) is 120 Å². The number of carboxylic acid groups (broad SMARTS) is 1. The molecule has 0 spiro atoms. The van der Waals surface area contributed by atoms with Gasteiger partial charge in [-0.25, -0.2) is 9.59 Å². The number of aliphatic carboxylic acids is 1. The molecule has 2 aromatic carbocycles. The topological polar surface area (TPSA) is 222 Å². The van der Waals surface area contributed by atoms with Crippen LogP contribution in [0, 0.1) is 11.8 Å². The second kappa shape index (κ2) is 30.3. The number of nitrogens with zero attached hydrogens (tertiary/aromatic N) is 2. The molecule has 1 saturated carbocycles. The van der Waals surface area contributed by atoms with E-state index < -0.39 is 85.4 Å². The Bertz CT molecular complexity index is 1800. The summed E-state index contributed by atoms with van der Waals surface area (Å²) in [6.45, 7) is 9.08. The Labute approximate surface area is 397 Å². The van der Waals surface area contributed by atoms with E-state index >= 15 is 0 Å². The number of carboxylic acids is 1. The molecule has 3 rings (SSSR count). The number of alkyl carbamates (subject to hydrolysis) is 1. The summed E-state index contributed by atoms with van der Waals surface area (Å²) in [7, 11) is 1.57. The minimum atomic E-state index is -1.55. The molecule has 1 aliphatic carbocycles. The molecular weight excluding hydrogens is 862 g/mol. The molecule has 0 saturated heterocycles. The molecule has 374 valence electrons. The first-order valence-electron chi connectivity index (χ1n) is 24.1. The van der Waals surface area contributed by atoms with Crippen LogP contribution in [0.15, 0.2) is 60.7 Å². The number of nitrogens with two attached hydrogens (primary N) is 1. The Morgan fingerprint density at radius 3 is 2.03 bits per heavy atom. The van der Waals surface area contributed by atoms with Gasteiger partial charge >= 0.3 is 12.1 Å². The van der Waals surface area contributed by atoms with Crippen molar-refractivity contribution in [3.05, 3.63) is 71.8 Å². The molecule has 17 heteroatoms. The molecule has 2 aromatic rings. The highest BCUT2D eigenvalue weighted by molar-refractivity contribution is 5.96. The highest BCUT2D eigenvalue weighted by Gasteiger charge is 2.39. The fourth-order valence-electron chi connectivity index (χ4n) is 8.29. The second-order valence-corrected chi connectivity index (χ2v) is 18.3. The molecule has 7 atom stereocenters. The van der Waals surface area contributed by atoms with E-state index in [2.05, 4.69) is 28.2 Å². The standard InChI is InChI=1S/C50H78FN7O9/c1-7-8-9-19-28-58(31-40(52)26-27-51)35(4)48(62)57(6)42(29-34(2)3)46(60)56-44(39-24-17-12-18-25-39)47(61)54-41(30-53-50(65)67-33-38-22-15-11-16-23-38)45(59)55-43(49(63)64)36(5)66-32-37-20-13-10-14-21-37/h10-11,13-16,20-23,34-36,39-44H,7-9,12,17-19,24-33,52H2,1-6H3,(H,53,65)(H,54,61)(H,55,59)(H,56,60)(H,63,64)/t35-,36-,40+,41-,42-,43-,44?/m0/s1. The molecular formula is C50H78FN7O9. The molecule has 0 bridgehead atoms. The number of nitrogens with one attached hydrogen (secondary N) is 4. The van der Waals surface area contributed by atoms with Gasteiger partial charge in [-0.05, 0) is 75.5 Å². The Kier molecular flexibility index (Phi) is 25.4. The van der Waals surface area contributed by atoms with E-state index in [0.29, 0.717) is 25.9 Å². The highest BCUT2D eigenvalue weighted by atomic mass is 19.1. The first-order chi connectivity index (χ1) is 32.1. The molecule has 0 heterocycles. The van der Waals surface area contributed by atoms with Crippen LogP contribution in [0.5, 0.6) is 0 Å². The minimum absolute atomic E-state index is 0.0339. The Morgan fingerprint density at radius 2 is 1.45 bits per heavy atom. The van der Waals surface area contributed by atoms with E-state index in [4.69, 9.17) is 15.2 Å². The van der Waals surface area contributed by atoms with Gasteiger partial charge < -0.3 is 46.5 Å². The van der Waals surface area contributed by atoms with E-state index in [1.54, 1.807) is 38.2 Å². The SMILES string of the molecule is CCCCCCN(C[C@H](N)CCF)[C@@H](C)C(=O)N(C)[C@@H](CC(C)C)C(=O)NC(C(=O)N[C@@H](CNC(=O)OCc1ccccc1)C(=O)N[C@H](C(=O)O)[C@H](C)OCc1ccccc1)C1CCCCC1. The van der Waals surface area contributed by atoms with Crippen molar-refractivity contribution in [1.29, 1.82) is 0 Å². The second-order valence-electron chi connectivity index (χ2n) is 18.3. The quantitative estimate of drug-likeness (QED) is 0.0540. The molecule has 1 fully saturated rings. The smallest absolute Gasteiger partial charge is 0.407 e. The number of ether oxygens (including phenoxy) is 2. The molecule has 0 aliphatic heterocycles. The Balaban J connectivity index is 1.89. The molecule has 7 N–H and O–H groups in total. The fourth-order valence-corrected chi connectivity index (χ4v) is 8.29. The van der Waals surface area contributed by atoms with Gasteiger partial charge in [-0.3, -0.25) is 28.5 Å². The molecule has 16 nitrogen and oxygen atoms in total. The van der Waals surface area contributed by atoms with Crippen LogP contribution in [0.25, 0.3) is 0 Å². The third kappa shape index (κ3) is 19.9. The van der Waals surface area contributed by atoms with E-state index in [1.807, 2.05) is 55.1 Å². The number of carbonyl (C=O) groups is 6. The summed E-state index contributed by atoms with van der Waals surface area (Å²) in [5.41, 5.74) is 7.78. The number of alkyl halides is 1. The molecule has 1 unspecified atom stereocenters. The lowest BCUT2D eigenvalue weighted by Gasteiger charge is -2.37. The van der Waals surface area contributed by atoms with Crippen LogP contribution >= 0.6 is 0 Å². The predicted molar refractivity (Wildman–Crippen MR) is 255 cm³/mol. The number of halogens is 1. The number of benzene rings is 2. The van der Waals surface area contributed by atoms with Gasteiger partial charge in [-0.15, -0.1) is 0 Å². The largest absolute Gasteiger partial charge is 0.480 e. The first-order valence-corrected chi connectivity index (χ1v) is 24.1. The number of amides is 5. The van der Waals surface area contributed by atoms with Crippen LogP contribution < -0.4 is 27.0 Å². The zero-order chi connectivity index (χ0) is 49.3. The number of rotatable bonds is 30. The maximum atomic E-state index is 14.6. The third-order valence-electron chi connectivity index (χ3n) is 12.4. The summed E-state index contributed by atoms with van der Waals surface area (Å²) in [5, 5.41) is 20.9. The number of hydrogen-bond donors (Lipinski definition) is 6. The van der Waals surface area contributed by atoms with Crippen molar-refractivity contribution in [3.63, 3.8) is 0 Å². The predicted octanol–water partition coefficient (Wildman–Crippen LogP) is 5.47. The van der Waals surface area contributed by atoms with Gasteiger partial charge in [0.05, 0.1) is 32.0 Å². The molecule has 67 heavy (non-hydrogen) atoms. The van der Waals surface area contributed by atoms with Gasteiger partial charge in [0.2, 0.25) is 23.6 Å². The van der Waals surface area contributed by atoms with Crippen LogP contribution in [0.2, 0.25) is 0 Å². The third-order valence-corrected chi connectivity index (χ3v) is 12.4. The van der Waals surface area contributed by atoms with Crippen molar-refractivity contribution in [2.45, 2.75) is 161 Å². The number of carbonyl (C=O) groups excluding carboxylic acids is 5. The Hall–Kier alpha value is -5.13. The summed E-state index contributed by atoms with van der Waals surface area (Å²) >= 11 is 0. The summed E-state index contributed by atoms with van der Waals surface area (Å²) in [4.78, 5) is 86.4. The zero-order valence-electron chi connectivity index (χ0n) is 40.6. The van der Waals surface area contributed by atoms with Crippen LogP contribution in [-0.4, -0.2) is 126 Å². The van der Waals surface area contributed by atoms with Crippen LogP contribution in [0.4, 0.5) is 9.18 Å². The highest BCUT2D eigenvalue weighted by Crippen LogP contribution is 2.27. The van der Waals surface area contributed by atoms with Crippen LogP contribution in [0.1, 0.15) is 116 Å². The van der Waals surface area contributed by atoms with Gasteiger partial charge in [0.1, 0.15) is 24.7 Å². The normalized spacial score (nSPS) is 16.1. The monoisotopic (exact) mass is 940 g/mol. The number of unbranched alkanes of at least 4 members (excludes halogenated alkanes) is 3. The first kappa shape index (κ1) is 56.2.